The van der Waals surface area contributed by atoms with Gasteiger partial charge < -0.3 is 9.88 Å². The molecule has 1 aliphatic rings. The van der Waals surface area contributed by atoms with E-state index in [1.54, 1.807) is 22.7 Å². The summed E-state index contributed by atoms with van der Waals surface area (Å²) < 4.78 is 2.07. The van der Waals surface area contributed by atoms with Crippen molar-refractivity contribution in [3.63, 3.8) is 0 Å². The van der Waals surface area contributed by atoms with Crippen LogP contribution in [-0.4, -0.2) is 26.4 Å². The number of benzene rings is 1. The molecule has 1 amide bonds. The molecule has 1 aromatic carbocycles. The zero-order valence-corrected chi connectivity index (χ0v) is 23.9. The van der Waals surface area contributed by atoms with E-state index in [0.717, 1.165) is 36.2 Å². The van der Waals surface area contributed by atoms with Crippen LogP contribution in [0.4, 0.5) is 5.00 Å². The average molecular weight is 548 g/mol. The molecule has 5 rings (SSSR count). The quantitative estimate of drug-likeness (QED) is 0.250. The van der Waals surface area contributed by atoms with Crippen LogP contribution < -0.4 is 5.32 Å². The highest BCUT2D eigenvalue weighted by atomic mass is 32.2. The van der Waals surface area contributed by atoms with E-state index < -0.39 is 0 Å². The predicted octanol–water partition coefficient (Wildman–Crippen LogP) is 7.10. The molecule has 0 radical (unpaired) electrons. The Bertz CT molecular complexity index is 1490. The number of aromatic nitrogens is 3. The second kappa shape index (κ2) is 10.8. The number of anilines is 1. The highest BCUT2D eigenvalue weighted by Crippen LogP contribution is 2.40. The van der Waals surface area contributed by atoms with E-state index in [1.165, 1.54) is 38.2 Å². The third-order valence-electron chi connectivity index (χ3n) is 6.80. The van der Waals surface area contributed by atoms with Gasteiger partial charge in [-0.15, -0.1) is 32.9 Å². The minimum Gasteiger partial charge on any atom is -0.316 e. The van der Waals surface area contributed by atoms with Gasteiger partial charge >= 0.3 is 0 Å². The zero-order valence-electron chi connectivity index (χ0n) is 21.4. The fraction of sp³-hybridized carbons (Fsp3) is 0.357. The van der Waals surface area contributed by atoms with Crippen LogP contribution in [0.1, 0.15) is 46.7 Å². The lowest BCUT2D eigenvalue weighted by Crippen LogP contribution is -2.14. The molecule has 6 nitrogen and oxygen atoms in total. The number of carbonyl (C=O) groups is 1. The van der Waals surface area contributed by atoms with Gasteiger partial charge in [0.15, 0.2) is 11.0 Å². The molecule has 4 aromatic rings. The Labute approximate surface area is 229 Å². The van der Waals surface area contributed by atoms with Gasteiger partial charge in [0.2, 0.25) is 5.91 Å². The number of nitrogens with one attached hydrogen (secondary N) is 1. The molecular formula is C28H29N5OS3. The molecule has 1 aliphatic carbocycles. The fourth-order valence-corrected chi connectivity index (χ4v) is 7.87. The zero-order chi connectivity index (χ0) is 26.1. The number of thioether (sulfide) groups is 1. The molecule has 0 saturated heterocycles. The van der Waals surface area contributed by atoms with E-state index >= 15 is 0 Å². The number of amides is 1. The summed E-state index contributed by atoms with van der Waals surface area (Å²) >= 11 is 4.64. The van der Waals surface area contributed by atoms with E-state index in [4.69, 9.17) is 0 Å². The first kappa shape index (κ1) is 25.7. The Kier molecular flexibility index (Phi) is 7.52. The van der Waals surface area contributed by atoms with Crippen molar-refractivity contribution in [3.8, 4) is 28.6 Å². The van der Waals surface area contributed by atoms with Crippen LogP contribution in [0.25, 0.3) is 22.5 Å². The maximum Gasteiger partial charge on any atom is 0.235 e. The number of carbonyl (C=O) groups excluding carboxylic acids is 1. The van der Waals surface area contributed by atoms with Crippen LogP contribution >= 0.6 is 34.4 Å². The number of fused-ring (bicyclic) bond motifs is 1. The van der Waals surface area contributed by atoms with Crippen LogP contribution in [0.15, 0.2) is 34.8 Å². The monoisotopic (exact) mass is 547 g/mol. The summed E-state index contributed by atoms with van der Waals surface area (Å²) in [6.07, 6.45) is 2.98. The van der Waals surface area contributed by atoms with Crippen molar-refractivity contribution in [2.45, 2.75) is 58.7 Å². The van der Waals surface area contributed by atoms with Gasteiger partial charge in [-0.3, -0.25) is 4.79 Å². The summed E-state index contributed by atoms with van der Waals surface area (Å²) in [6, 6.07) is 10.9. The number of nitrogens with zero attached hydrogens (tertiary/aromatic N) is 4. The van der Waals surface area contributed by atoms with E-state index in [2.05, 4.69) is 83.5 Å². The smallest absolute Gasteiger partial charge is 0.235 e. The SMILES string of the molecule is CCn1c(SCC(=O)Nc2sc3c(c2C#N)CCC(C)C3)nnc1-c1csc(C)c1-c1ccc(C)cc1. The second-order valence-electron chi connectivity index (χ2n) is 9.50. The van der Waals surface area contributed by atoms with E-state index in [0.29, 0.717) is 28.2 Å². The molecule has 0 fully saturated rings. The maximum atomic E-state index is 12.9. The van der Waals surface area contributed by atoms with Crippen LogP contribution in [-0.2, 0) is 24.2 Å². The lowest BCUT2D eigenvalue weighted by molar-refractivity contribution is -0.113. The summed E-state index contributed by atoms with van der Waals surface area (Å²) in [7, 11) is 0. The van der Waals surface area contributed by atoms with Crippen molar-refractivity contribution in [1.29, 1.82) is 5.26 Å². The third kappa shape index (κ3) is 5.11. The van der Waals surface area contributed by atoms with Gasteiger partial charge in [-0.25, -0.2) is 0 Å². The molecule has 1 atom stereocenters. The van der Waals surface area contributed by atoms with Gasteiger partial charge in [0.1, 0.15) is 11.1 Å². The molecule has 0 bridgehead atoms. The van der Waals surface area contributed by atoms with Gasteiger partial charge in [-0.1, -0.05) is 48.5 Å². The van der Waals surface area contributed by atoms with Crippen LogP contribution in [0.3, 0.4) is 0 Å². The maximum absolute atomic E-state index is 12.9. The molecular weight excluding hydrogens is 519 g/mol. The summed E-state index contributed by atoms with van der Waals surface area (Å²) in [5.74, 6) is 1.50. The fourth-order valence-electron chi connectivity index (χ4n) is 4.83. The second-order valence-corrected chi connectivity index (χ2v) is 12.6. The Morgan fingerprint density at radius 1 is 1.27 bits per heavy atom. The largest absolute Gasteiger partial charge is 0.316 e. The first-order valence-electron chi connectivity index (χ1n) is 12.5. The lowest BCUT2D eigenvalue weighted by Gasteiger charge is -2.17. The molecule has 3 aromatic heterocycles. The first-order valence-corrected chi connectivity index (χ1v) is 15.1. The van der Waals surface area contributed by atoms with Crippen LogP contribution in [0.5, 0.6) is 0 Å². The van der Waals surface area contributed by atoms with E-state index in [1.807, 2.05) is 0 Å². The molecule has 0 spiro atoms. The molecule has 1 N–H and O–H groups in total. The molecule has 3 heterocycles. The van der Waals surface area contributed by atoms with E-state index in [9.17, 15) is 10.1 Å². The highest BCUT2D eigenvalue weighted by molar-refractivity contribution is 7.99. The Morgan fingerprint density at radius 3 is 2.78 bits per heavy atom. The molecule has 1 unspecified atom stereocenters. The Morgan fingerprint density at radius 2 is 2.05 bits per heavy atom. The lowest BCUT2D eigenvalue weighted by atomic mass is 9.89. The normalized spacial score (nSPS) is 14.8. The van der Waals surface area contributed by atoms with Crippen LogP contribution in [0.2, 0.25) is 0 Å². The van der Waals surface area contributed by atoms with Crippen molar-refractivity contribution < 1.29 is 4.79 Å². The van der Waals surface area contributed by atoms with Crippen molar-refractivity contribution in [2.75, 3.05) is 11.1 Å². The third-order valence-corrected chi connectivity index (χ3v) is 9.85. The summed E-state index contributed by atoms with van der Waals surface area (Å²) in [6.45, 7) is 9.23. The molecule has 190 valence electrons. The number of aryl methyl sites for hydroxylation is 2. The van der Waals surface area contributed by atoms with E-state index in [-0.39, 0.29) is 11.7 Å². The van der Waals surface area contributed by atoms with Gasteiger partial charge in [0, 0.05) is 32.8 Å². The topological polar surface area (TPSA) is 83.6 Å². The van der Waals surface area contributed by atoms with Crippen molar-refractivity contribution in [2.24, 2.45) is 5.92 Å². The Balaban J connectivity index is 1.34. The summed E-state index contributed by atoms with van der Waals surface area (Å²) in [5, 5.41) is 25.3. The average Bonchev–Trinajstić information content (AvgIpc) is 3.56. The van der Waals surface area contributed by atoms with Crippen molar-refractivity contribution in [1.82, 2.24) is 14.8 Å². The number of hydrogen-bond donors (Lipinski definition) is 1. The minimum absolute atomic E-state index is 0.132. The number of thiophene rings is 2. The number of rotatable bonds is 7. The molecule has 0 saturated carbocycles. The molecule has 37 heavy (non-hydrogen) atoms. The van der Waals surface area contributed by atoms with Crippen LogP contribution in [0, 0.1) is 31.1 Å². The van der Waals surface area contributed by atoms with Gasteiger partial charge in [-0.2, -0.15) is 5.26 Å². The van der Waals surface area contributed by atoms with Crippen molar-refractivity contribution in [3.05, 3.63) is 56.1 Å². The molecule has 0 aliphatic heterocycles. The van der Waals surface area contributed by atoms with Gasteiger partial charge in [-0.05, 0) is 57.1 Å². The predicted molar refractivity (Wildman–Crippen MR) is 153 cm³/mol. The standard InChI is InChI=1S/C28H29N5OS3/c1-5-33-26(22-14-35-18(4)25(22)19-9-6-16(2)7-10-19)31-32-28(33)36-15-24(34)30-27-21(13-29)20-11-8-17(3)12-23(20)37-27/h6-7,9-10,14,17H,5,8,11-12,15H2,1-4H3,(H,30,34). The highest BCUT2D eigenvalue weighted by Gasteiger charge is 2.25. The first-order chi connectivity index (χ1) is 17.9. The minimum atomic E-state index is -0.132. The van der Waals surface area contributed by atoms with Gasteiger partial charge in [0.25, 0.3) is 0 Å². The molecule has 9 heteroatoms. The summed E-state index contributed by atoms with van der Waals surface area (Å²) in [5.41, 5.74) is 6.40. The number of hydrogen-bond acceptors (Lipinski definition) is 7. The van der Waals surface area contributed by atoms with Gasteiger partial charge in [0.05, 0.1) is 11.3 Å². The summed E-state index contributed by atoms with van der Waals surface area (Å²) in [4.78, 5) is 15.4. The Hall–Kier alpha value is -2.93. The van der Waals surface area contributed by atoms with Crippen molar-refractivity contribution >= 4 is 45.3 Å². The number of nitriles is 1.